The van der Waals surface area contributed by atoms with E-state index >= 15 is 0 Å². The average molecular weight is 383 g/mol. The molecule has 5 heteroatoms. The van der Waals surface area contributed by atoms with Crippen LogP contribution < -0.4 is 21.2 Å². The van der Waals surface area contributed by atoms with Gasteiger partial charge in [-0.25, -0.2) is 0 Å². The Bertz CT molecular complexity index is 540. The molecule has 4 nitrogen and oxygen atoms in total. The van der Waals surface area contributed by atoms with Gasteiger partial charge >= 0.3 is 130 Å². The summed E-state index contributed by atoms with van der Waals surface area (Å²) in [5, 5.41) is 7.46. The van der Waals surface area contributed by atoms with E-state index in [4.69, 9.17) is 0 Å². The van der Waals surface area contributed by atoms with Crippen molar-refractivity contribution < 1.29 is 21.2 Å². The van der Waals surface area contributed by atoms with Gasteiger partial charge < -0.3 is 0 Å². The van der Waals surface area contributed by atoms with Gasteiger partial charge in [0.15, 0.2) is 0 Å². The van der Waals surface area contributed by atoms with Gasteiger partial charge in [0.2, 0.25) is 0 Å². The first kappa shape index (κ1) is 14.0. The molecule has 1 aliphatic heterocycles. The van der Waals surface area contributed by atoms with Crippen LogP contribution in [0, 0.1) is 3.83 Å². The molecule has 0 radical (unpaired) electrons. The van der Waals surface area contributed by atoms with Gasteiger partial charge in [-0.3, -0.25) is 0 Å². The summed E-state index contributed by atoms with van der Waals surface area (Å²) in [5.74, 6) is 1.61. The van der Waals surface area contributed by atoms with E-state index in [2.05, 4.69) is 55.3 Å². The van der Waals surface area contributed by atoms with Crippen molar-refractivity contribution in [1.82, 2.24) is 20.1 Å². The van der Waals surface area contributed by atoms with Crippen LogP contribution in [0.4, 0.5) is 0 Å². The quantitative estimate of drug-likeness (QED) is 0.549. The van der Waals surface area contributed by atoms with E-state index in [1.807, 2.05) is 0 Å². The maximum atomic E-state index is 4.65. The summed E-state index contributed by atoms with van der Waals surface area (Å²) in [4.78, 5) is 9.39. The zero-order valence-corrected chi connectivity index (χ0v) is 13.9. The summed E-state index contributed by atoms with van der Waals surface area (Å²) >= 11 is -0.0113. The molecule has 0 bridgehead atoms. The van der Waals surface area contributed by atoms with Gasteiger partial charge in [0, 0.05) is 0 Å². The molecule has 1 aromatic carbocycles. The molecule has 0 spiro atoms. The van der Waals surface area contributed by atoms with E-state index in [9.17, 15) is 0 Å². The van der Waals surface area contributed by atoms with Crippen molar-refractivity contribution in [3.8, 4) is 0 Å². The number of aromatic nitrogens is 3. The fourth-order valence-corrected chi connectivity index (χ4v) is 3.65. The Hall–Kier alpha value is -0.950. The number of alkyl halides is 1. The average Bonchev–Trinajstić information content (AvgIpc) is 2.98. The van der Waals surface area contributed by atoms with Crippen molar-refractivity contribution in [3.05, 3.63) is 45.6 Å². The third kappa shape index (κ3) is 3.38. The summed E-state index contributed by atoms with van der Waals surface area (Å²) in [5.41, 5.74) is 1.39. The van der Waals surface area contributed by atoms with Crippen molar-refractivity contribution in [3.63, 3.8) is 0 Å². The fraction of sp³-hybridized carbons (Fsp3) is 0.467. The molecule has 0 amide bonds. The van der Waals surface area contributed by atoms with Crippen molar-refractivity contribution >= 4 is 0 Å². The number of rotatable bonds is 4. The Kier molecular flexibility index (Phi) is 4.67. The first-order valence-corrected chi connectivity index (χ1v) is 10.3. The van der Waals surface area contributed by atoms with Crippen LogP contribution in [0.2, 0.25) is 0 Å². The molecule has 1 aromatic heterocycles. The van der Waals surface area contributed by atoms with Gasteiger partial charge in [-0.05, 0) is 0 Å². The molecule has 108 valence electrons. The Labute approximate surface area is 130 Å². The number of H-pyrrole nitrogens is 1. The van der Waals surface area contributed by atoms with Crippen LogP contribution in [0.3, 0.4) is 0 Å². The van der Waals surface area contributed by atoms with E-state index in [0.29, 0.717) is 5.92 Å². The van der Waals surface area contributed by atoms with E-state index in [-0.39, 0.29) is 21.2 Å². The third-order valence-corrected chi connectivity index (χ3v) is 5.23. The van der Waals surface area contributed by atoms with E-state index in [0.717, 1.165) is 22.7 Å². The third-order valence-electron chi connectivity index (χ3n) is 3.79. The molecule has 1 N–H and O–H groups in total. The first-order chi connectivity index (χ1) is 9.85. The maximum absolute atomic E-state index is 4.65. The van der Waals surface area contributed by atoms with Crippen LogP contribution in [0.25, 0.3) is 0 Å². The summed E-state index contributed by atoms with van der Waals surface area (Å²) in [6, 6.07) is 10.7. The summed E-state index contributed by atoms with van der Waals surface area (Å²) in [7, 11) is 0. The van der Waals surface area contributed by atoms with Gasteiger partial charge in [-0.1, -0.05) is 0 Å². The summed E-state index contributed by atoms with van der Waals surface area (Å²) < 4.78 is 1.04. The second kappa shape index (κ2) is 6.67. The van der Waals surface area contributed by atoms with Crippen LogP contribution in [-0.4, -0.2) is 38.1 Å². The molecule has 1 atom stereocenters. The van der Waals surface area contributed by atoms with Crippen molar-refractivity contribution in [2.45, 2.75) is 25.3 Å². The van der Waals surface area contributed by atoms with Gasteiger partial charge in [-0.15, -0.1) is 0 Å². The number of aromatic amines is 1. The van der Waals surface area contributed by atoms with Crippen molar-refractivity contribution in [2.75, 3.05) is 18.0 Å². The number of piperidine rings is 1. The molecule has 0 saturated carbocycles. The minimum absolute atomic E-state index is 0.0113. The summed E-state index contributed by atoms with van der Waals surface area (Å²) in [6.07, 6.45) is 2.47. The Balaban J connectivity index is 1.64. The molecule has 2 aromatic rings. The number of halogens is 1. The van der Waals surface area contributed by atoms with Crippen molar-refractivity contribution in [2.24, 2.45) is 0 Å². The molecule has 20 heavy (non-hydrogen) atoms. The molecule has 1 fully saturated rings. The fourth-order valence-electron chi connectivity index (χ4n) is 2.78. The summed E-state index contributed by atoms with van der Waals surface area (Å²) in [6.45, 7) is 3.32. The molecular weight excluding hydrogens is 363 g/mol. The van der Waals surface area contributed by atoms with E-state index < -0.39 is 0 Å². The Morgan fingerprint density at radius 3 is 2.95 bits per heavy atom. The molecule has 0 aliphatic carbocycles. The minimum atomic E-state index is -0.0113. The van der Waals surface area contributed by atoms with Gasteiger partial charge in [0.25, 0.3) is 0 Å². The van der Waals surface area contributed by atoms with Gasteiger partial charge in [0.05, 0.1) is 0 Å². The number of nitrogens with one attached hydrogen (secondary N) is 1. The standard InChI is InChI=1S/C15H20IN4/c1-16-15-17-14(18-19-15)13-8-5-9-20(11-13)10-12-6-3-2-4-7-12/h2-4,6-7,13H,5,8-11H2,1H3,(H,17,18,19)/q-1. The van der Waals surface area contributed by atoms with E-state index in [1.54, 1.807) is 0 Å². The molecule has 1 aliphatic rings. The topological polar surface area (TPSA) is 44.8 Å². The predicted octanol–water partition coefficient (Wildman–Crippen LogP) is -0.927. The van der Waals surface area contributed by atoms with E-state index in [1.165, 1.54) is 24.9 Å². The van der Waals surface area contributed by atoms with Crippen LogP contribution >= 0.6 is 0 Å². The number of nitrogens with zero attached hydrogens (tertiary/aromatic N) is 3. The van der Waals surface area contributed by atoms with Crippen molar-refractivity contribution in [1.29, 1.82) is 0 Å². The number of hydrogen-bond acceptors (Lipinski definition) is 3. The number of likely N-dealkylation sites (tertiary alicyclic amines) is 1. The molecule has 1 unspecified atom stereocenters. The normalized spacial score (nSPS) is 20.4. The second-order valence-electron chi connectivity index (χ2n) is 5.24. The number of hydrogen-bond donors (Lipinski definition) is 1. The number of benzene rings is 1. The SMILES string of the molecule is C[I-]c1n[nH]c(C2CCCN(Cc3ccccc3)C2)n1. The first-order valence-electron chi connectivity index (χ1n) is 7.03. The Morgan fingerprint density at radius 1 is 1.35 bits per heavy atom. The van der Waals surface area contributed by atoms with Crippen LogP contribution in [0.1, 0.15) is 30.1 Å². The van der Waals surface area contributed by atoms with Gasteiger partial charge in [0.1, 0.15) is 0 Å². The van der Waals surface area contributed by atoms with Gasteiger partial charge in [-0.2, -0.15) is 0 Å². The second-order valence-corrected chi connectivity index (χ2v) is 7.28. The molecule has 2 heterocycles. The molecule has 1 saturated heterocycles. The predicted molar refractivity (Wildman–Crippen MR) is 74.7 cm³/mol. The van der Waals surface area contributed by atoms with Crippen LogP contribution in [0.5, 0.6) is 0 Å². The zero-order valence-electron chi connectivity index (χ0n) is 11.7. The molecular formula is C15H20IN4-. The van der Waals surface area contributed by atoms with Crippen LogP contribution in [0.15, 0.2) is 30.3 Å². The molecule has 3 rings (SSSR count). The van der Waals surface area contributed by atoms with Crippen LogP contribution in [-0.2, 0) is 6.54 Å². The monoisotopic (exact) mass is 383 g/mol. The zero-order chi connectivity index (χ0) is 13.8. The Morgan fingerprint density at radius 2 is 2.20 bits per heavy atom.